The Morgan fingerprint density at radius 1 is 1.06 bits per heavy atom. The number of hydrogen-bond donors (Lipinski definition) is 0. The smallest absolute Gasteiger partial charge is 0.310 e. The lowest BCUT2D eigenvalue weighted by atomic mass is 10.0. The zero-order valence-corrected chi connectivity index (χ0v) is 21.6. The van der Waals surface area contributed by atoms with Gasteiger partial charge in [-0.15, -0.1) is 4.37 Å². The highest BCUT2D eigenvalue weighted by Gasteiger charge is 2.38. The number of nitrogens with zero attached hydrogens (tertiary/aromatic N) is 3. The van der Waals surface area contributed by atoms with Gasteiger partial charge in [-0.05, 0) is 12.8 Å². The monoisotopic (exact) mass is 466 g/mol. The first kappa shape index (κ1) is 26.8. The highest BCUT2D eigenvalue weighted by Crippen LogP contribution is 2.32. The van der Waals surface area contributed by atoms with Gasteiger partial charge in [-0.2, -0.15) is 4.37 Å². The molecule has 6 nitrogen and oxygen atoms in total. The molecule has 1 aromatic rings. The Balaban J connectivity index is 1.92. The van der Waals surface area contributed by atoms with Gasteiger partial charge in [0.1, 0.15) is 12.2 Å². The molecule has 0 saturated heterocycles. The molecule has 0 fully saturated rings. The summed E-state index contributed by atoms with van der Waals surface area (Å²) in [6.07, 6.45) is 14.8. The van der Waals surface area contributed by atoms with Crippen molar-refractivity contribution < 1.29 is 18.8 Å². The van der Waals surface area contributed by atoms with Crippen LogP contribution in [0.4, 0.5) is 0 Å². The van der Waals surface area contributed by atoms with Crippen molar-refractivity contribution in [2.24, 2.45) is 0 Å². The number of rotatable bonds is 16. The predicted octanol–water partition coefficient (Wildman–Crippen LogP) is 6.37. The molecule has 1 aliphatic heterocycles. The molecule has 0 bridgehead atoms. The van der Waals surface area contributed by atoms with E-state index in [4.69, 9.17) is 9.47 Å². The van der Waals surface area contributed by atoms with Crippen LogP contribution in [0.25, 0.3) is 5.57 Å². The predicted molar refractivity (Wildman–Crippen MR) is 132 cm³/mol. The molecule has 32 heavy (non-hydrogen) atoms. The molecule has 0 aromatic carbocycles. The van der Waals surface area contributed by atoms with Gasteiger partial charge in [0, 0.05) is 24.8 Å². The van der Waals surface area contributed by atoms with Crippen LogP contribution in [-0.2, 0) is 9.53 Å². The van der Waals surface area contributed by atoms with E-state index in [1.54, 1.807) is 0 Å². The number of quaternary nitrogens is 1. The van der Waals surface area contributed by atoms with Crippen LogP contribution in [0, 0.1) is 0 Å². The third-order valence-electron chi connectivity index (χ3n) is 6.36. The fourth-order valence-corrected chi connectivity index (χ4v) is 4.92. The lowest BCUT2D eigenvalue weighted by Gasteiger charge is -2.42. The van der Waals surface area contributed by atoms with Crippen LogP contribution < -0.4 is 4.74 Å². The molecule has 182 valence electrons. The average molecular weight is 467 g/mol. The van der Waals surface area contributed by atoms with Crippen LogP contribution in [0.15, 0.2) is 6.08 Å². The summed E-state index contributed by atoms with van der Waals surface area (Å²) in [6, 6.07) is 0. The molecular formula is C25H44N3O3S+. The standard InChI is InChI=1S/C25H44N3O3S/c1-5-8-10-12-13-17-23(29)31-22(7-3)28(4)18-15-16-21(20-28)24-25(27-32-26-24)30-19-14-11-9-6-2/h16,22H,5-15,17-20H2,1-4H3/q+1. The summed E-state index contributed by atoms with van der Waals surface area (Å²) < 4.78 is 21.6. The van der Waals surface area contributed by atoms with Crippen LogP contribution >= 0.6 is 11.7 Å². The van der Waals surface area contributed by atoms with Crippen molar-refractivity contribution in [1.29, 1.82) is 0 Å². The molecule has 7 heteroatoms. The van der Waals surface area contributed by atoms with Gasteiger partial charge >= 0.3 is 5.97 Å². The summed E-state index contributed by atoms with van der Waals surface area (Å²) in [5.41, 5.74) is 2.02. The summed E-state index contributed by atoms with van der Waals surface area (Å²) in [7, 11) is 2.20. The molecule has 0 amide bonds. The van der Waals surface area contributed by atoms with E-state index in [1.807, 2.05) is 0 Å². The molecule has 0 spiro atoms. The Kier molecular flexibility index (Phi) is 12.2. The number of carbonyl (C=O) groups excluding carboxylic acids is 1. The van der Waals surface area contributed by atoms with Crippen LogP contribution in [0.3, 0.4) is 0 Å². The van der Waals surface area contributed by atoms with Crippen molar-refractivity contribution in [1.82, 2.24) is 8.75 Å². The number of ether oxygens (including phenoxy) is 2. The maximum Gasteiger partial charge on any atom is 0.310 e. The van der Waals surface area contributed by atoms with Crippen molar-refractivity contribution in [3.8, 4) is 5.88 Å². The second kappa shape index (κ2) is 14.6. The average Bonchev–Trinajstić information content (AvgIpc) is 3.25. The summed E-state index contributed by atoms with van der Waals surface area (Å²) >= 11 is 1.21. The quantitative estimate of drug-likeness (QED) is 0.161. The maximum atomic E-state index is 12.5. The molecule has 0 radical (unpaired) electrons. The van der Waals surface area contributed by atoms with Gasteiger partial charge in [-0.3, -0.25) is 9.28 Å². The molecule has 2 rings (SSSR count). The SMILES string of the molecule is CCCCCCCC(=O)OC(CC)[N+]1(C)CCC=C(c2nsnc2OCCCCCC)C1. The number of hydrogen-bond acceptors (Lipinski definition) is 6. The first-order valence-corrected chi connectivity index (χ1v) is 13.5. The zero-order valence-electron chi connectivity index (χ0n) is 20.7. The normalized spacial score (nSPS) is 19.4. The lowest BCUT2D eigenvalue weighted by Crippen LogP contribution is -2.56. The third-order valence-corrected chi connectivity index (χ3v) is 6.87. The second-order valence-corrected chi connectivity index (χ2v) is 9.75. The van der Waals surface area contributed by atoms with Gasteiger partial charge in [0.15, 0.2) is 0 Å². The van der Waals surface area contributed by atoms with Gasteiger partial charge in [0.2, 0.25) is 6.23 Å². The molecule has 2 atom stereocenters. The van der Waals surface area contributed by atoms with E-state index in [9.17, 15) is 4.79 Å². The van der Waals surface area contributed by atoms with E-state index in [-0.39, 0.29) is 12.2 Å². The van der Waals surface area contributed by atoms with Gasteiger partial charge < -0.3 is 9.47 Å². The second-order valence-electron chi connectivity index (χ2n) is 9.22. The van der Waals surface area contributed by atoms with Crippen molar-refractivity contribution in [3.05, 3.63) is 11.8 Å². The topological polar surface area (TPSA) is 61.3 Å². The van der Waals surface area contributed by atoms with E-state index in [1.165, 1.54) is 50.3 Å². The van der Waals surface area contributed by atoms with Crippen molar-refractivity contribution in [3.63, 3.8) is 0 Å². The van der Waals surface area contributed by atoms with Gasteiger partial charge in [0.25, 0.3) is 5.88 Å². The van der Waals surface area contributed by atoms with Crippen LogP contribution in [0.5, 0.6) is 5.88 Å². The van der Waals surface area contributed by atoms with Gasteiger partial charge in [0.05, 0.1) is 31.9 Å². The largest absolute Gasteiger partial charge is 0.475 e. The Bertz CT molecular complexity index is 706. The number of carbonyl (C=O) groups is 1. The Labute approximate surface area is 199 Å². The molecule has 1 aliphatic rings. The molecule has 0 saturated carbocycles. The number of likely N-dealkylation sites (N-methyl/N-ethyl adjacent to an activating group) is 1. The van der Waals surface area contributed by atoms with E-state index < -0.39 is 0 Å². The molecular weight excluding hydrogens is 422 g/mol. The zero-order chi connectivity index (χ0) is 23.2. The van der Waals surface area contributed by atoms with E-state index >= 15 is 0 Å². The highest BCUT2D eigenvalue weighted by molar-refractivity contribution is 6.99. The van der Waals surface area contributed by atoms with Crippen molar-refractivity contribution in [2.75, 3.05) is 26.7 Å². The fourth-order valence-electron chi connectivity index (χ4n) is 4.39. The Morgan fingerprint density at radius 3 is 2.50 bits per heavy atom. The van der Waals surface area contributed by atoms with E-state index in [2.05, 4.69) is 42.6 Å². The van der Waals surface area contributed by atoms with Crippen molar-refractivity contribution in [2.45, 2.75) is 104 Å². The fraction of sp³-hybridized carbons (Fsp3) is 0.800. The molecule has 2 heterocycles. The minimum Gasteiger partial charge on any atom is -0.475 e. The van der Waals surface area contributed by atoms with Gasteiger partial charge in [-0.1, -0.05) is 71.8 Å². The number of unbranched alkanes of at least 4 members (excludes halogenated alkanes) is 7. The van der Waals surface area contributed by atoms with E-state index in [0.29, 0.717) is 23.4 Å². The summed E-state index contributed by atoms with van der Waals surface area (Å²) in [6.45, 7) is 8.94. The van der Waals surface area contributed by atoms with Crippen molar-refractivity contribution >= 4 is 23.3 Å². The van der Waals surface area contributed by atoms with Crippen LogP contribution in [0.1, 0.15) is 104 Å². The van der Waals surface area contributed by atoms with Crippen LogP contribution in [0.2, 0.25) is 0 Å². The summed E-state index contributed by atoms with van der Waals surface area (Å²) in [5.74, 6) is 0.596. The minimum atomic E-state index is -0.133. The minimum absolute atomic E-state index is 0.0600. The molecule has 2 unspecified atom stereocenters. The maximum absolute atomic E-state index is 12.5. The lowest BCUT2D eigenvalue weighted by molar-refractivity contribution is -0.947. The van der Waals surface area contributed by atoms with Gasteiger partial charge in [-0.25, -0.2) is 0 Å². The number of aromatic nitrogens is 2. The number of esters is 1. The Morgan fingerprint density at radius 2 is 1.78 bits per heavy atom. The highest BCUT2D eigenvalue weighted by atomic mass is 32.1. The molecule has 0 N–H and O–H groups in total. The van der Waals surface area contributed by atoms with Crippen LogP contribution in [-0.4, -0.2) is 52.2 Å². The first-order chi connectivity index (χ1) is 15.5. The molecule has 0 aliphatic carbocycles. The summed E-state index contributed by atoms with van der Waals surface area (Å²) in [4.78, 5) is 12.5. The van der Waals surface area contributed by atoms with E-state index in [0.717, 1.165) is 56.5 Å². The Hall–Kier alpha value is -1.47. The molecule has 1 aromatic heterocycles. The summed E-state index contributed by atoms with van der Waals surface area (Å²) in [5, 5.41) is 0. The third kappa shape index (κ3) is 8.47. The first-order valence-electron chi connectivity index (χ1n) is 12.7.